The SMILES string of the molecule is COCOc1ccc(-c2c(CC=O)c3ccc(OCOC)cc3oc2=O)c(OCOC)c1. The highest BCUT2D eigenvalue weighted by Crippen LogP contribution is 2.37. The minimum atomic E-state index is -0.619. The van der Waals surface area contributed by atoms with E-state index in [1.165, 1.54) is 21.3 Å². The molecule has 1 heterocycles. The molecule has 0 bridgehead atoms. The Morgan fingerprint density at radius 3 is 2.12 bits per heavy atom. The number of benzene rings is 2. The molecule has 0 aliphatic carbocycles. The van der Waals surface area contributed by atoms with E-state index in [9.17, 15) is 9.59 Å². The first-order chi connectivity index (χ1) is 15.6. The van der Waals surface area contributed by atoms with Crippen LogP contribution >= 0.6 is 0 Å². The van der Waals surface area contributed by atoms with E-state index in [0.717, 1.165) is 6.29 Å². The van der Waals surface area contributed by atoms with Crippen molar-refractivity contribution in [3.05, 3.63) is 52.4 Å². The summed E-state index contributed by atoms with van der Waals surface area (Å²) in [5.74, 6) is 1.28. The molecule has 170 valence electrons. The van der Waals surface area contributed by atoms with Gasteiger partial charge in [0.15, 0.2) is 20.4 Å². The first kappa shape index (κ1) is 23.3. The Hall–Kier alpha value is -3.40. The number of hydrogen-bond acceptors (Lipinski definition) is 9. The number of carbonyl (C=O) groups is 1. The predicted molar refractivity (Wildman–Crippen MR) is 115 cm³/mol. The standard InChI is InChI=1S/C23H24O9/c1-26-12-29-15-5-7-19(20(10-15)31-14-28-3)22-18(8-9-24)17-6-4-16(30-13-27-2)11-21(17)32-23(22)25/h4-7,9-11H,8,12-14H2,1-3H3. The van der Waals surface area contributed by atoms with Crippen LogP contribution in [0.5, 0.6) is 17.2 Å². The van der Waals surface area contributed by atoms with Crippen molar-refractivity contribution < 1.29 is 37.6 Å². The van der Waals surface area contributed by atoms with Crippen LogP contribution in [0.3, 0.4) is 0 Å². The zero-order valence-electron chi connectivity index (χ0n) is 18.0. The predicted octanol–water partition coefficient (Wildman–Crippen LogP) is 3.15. The van der Waals surface area contributed by atoms with Crippen LogP contribution in [0.25, 0.3) is 22.1 Å². The zero-order chi connectivity index (χ0) is 22.9. The van der Waals surface area contributed by atoms with Gasteiger partial charge in [-0.1, -0.05) is 0 Å². The van der Waals surface area contributed by atoms with Gasteiger partial charge in [0.1, 0.15) is 29.1 Å². The van der Waals surface area contributed by atoms with Crippen molar-refractivity contribution in [1.29, 1.82) is 0 Å². The summed E-state index contributed by atoms with van der Waals surface area (Å²) in [5, 5.41) is 0.605. The van der Waals surface area contributed by atoms with Crippen LogP contribution < -0.4 is 19.8 Å². The average molecular weight is 444 g/mol. The van der Waals surface area contributed by atoms with Gasteiger partial charge in [-0.25, -0.2) is 4.79 Å². The normalized spacial score (nSPS) is 10.8. The van der Waals surface area contributed by atoms with Gasteiger partial charge in [-0.2, -0.15) is 0 Å². The van der Waals surface area contributed by atoms with E-state index in [1.54, 1.807) is 36.4 Å². The van der Waals surface area contributed by atoms with Gasteiger partial charge < -0.3 is 37.6 Å². The van der Waals surface area contributed by atoms with Gasteiger partial charge in [-0.05, 0) is 29.8 Å². The number of fused-ring (bicyclic) bond motifs is 1. The monoisotopic (exact) mass is 444 g/mol. The molecule has 0 radical (unpaired) electrons. The zero-order valence-corrected chi connectivity index (χ0v) is 18.0. The van der Waals surface area contributed by atoms with Gasteiger partial charge in [-0.15, -0.1) is 0 Å². The molecular formula is C23H24O9. The molecule has 0 saturated carbocycles. The lowest BCUT2D eigenvalue weighted by Crippen LogP contribution is -2.11. The highest BCUT2D eigenvalue weighted by atomic mass is 16.7. The molecule has 0 aliphatic rings. The van der Waals surface area contributed by atoms with Crippen LogP contribution in [0.1, 0.15) is 5.56 Å². The third-order valence-corrected chi connectivity index (χ3v) is 4.52. The molecule has 32 heavy (non-hydrogen) atoms. The van der Waals surface area contributed by atoms with E-state index < -0.39 is 5.63 Å². The van der Waals surface area contributed by atoms with Crippen molar-refractivity contribution in [2.24, 2.45) is 0 Å². The summed E-state index contributed by atoms with van der Waals surface area (Å²) in [4.78, 5) is 24.5. The Morgan fingerprint density at radius 2 is 1.47 bits per heavy atom. The number of methoxy groups -OCH3 is 3. The lowest BCUT2D eigenvalue weighted by molar-refractivity contribution is -0.107. The molecule has 0 unspecified atom stereocenters. The highest BCUT2D eigenvalue weighted by Gasteiger charge is 2.21. The summed E-state index contributed by atoms with van der Waals surface area (Å²) >= 11 is 0. The first-order valence-corrected chi connectivity index (χ1v) is 9.66. The fourth-order valence-corrected chi connectivity index (χ4v) is 3.20. The molecule has 3 rings (SSSR count). The van der Waals surface area contributed by atoms with Gasteiger partial charge in [0.25, 0.3) is 0 Å². The van der Waals surface area contributed by atoms with Gasteiger partial charge in [0, 0.05) is 50.8 Å². The summed E-state index contributed by atoms with van der Waals surface area (Å²) in [7, 11) is 4.50. The summed E-state index contributed by atoms with van der Waals surface area (Å²) in [6.07, 6.45) is 0.736. The van der Waals surface area contributed by atoms with Crippen LogP contribution in [0.4, 0.5) is 0 Å². The fourth-order valence-electron chi connectivity index (χ4n) is 3.20. The lowest BCUT2D eigenvalue weighted by Gasteiger charge is -2.16. The summed E-state index contributed by atoms with van der Waals surface area (Å²) < 4.78 is 37.0. The molecule has 0 spiro atoms. The summed E-state index contributed by atoms with van der Waals surface area (Å²) in [6.45, 7) is 0.0423. The van der Waals surface area contributed by atoms with Gasteiger partial charge in [0.2, 0.25) is 0 Å². The maximum Gasteiger partial charge on any atom is 0.344 e. The van der Waals surface area contributed by atoms with Crippen LogP contribution in [0.15, 0.2) is 45.6 Å². The molecule has 0 N–H and O–H groups in total. The van der Waals surface area contributed by atoms with E-state index >= 15 is 0 Å². The molecule has 3 aromatic rings. The topological polar surface area (TPSA) is 103 Å². The summed E-state index contributed by atoms with van der Waals surface area (Å²) in [5.41, 5.74) is 0.852. The van der Waals surface area contributed by atoms with Crippen molar-refractivity contribution in [2.75, 3.05) is 41.7 Å². The van der Waals surface area contributed by atoms with E-state index in [2.05, 4.69) is 0 Å². The molecular weight excluding hydrogens is 420 g/mol. The highest BCUT2D eigenvalue weighted by molar-refractivity contribution is 5.91. The number of carbonyl (C=O) groups excluding carboxylic acids is 1. The molecule has 0 fully saturated rings. The van der Waals surface area contributed by atoms with Crippen molar-refractivity contribution in [1.82, 2.24) is 0 Å². The van der Waals surface area contributed by atoms with Crippen molar-refractivity contribution in [3.63, 3.8) is 0 Å². The maximum atomic E-state index is 13.1. The second-order valence-electron chi connectivity index (χ2n) is 6.58. The largest absolute Gasteiger partial charge is 0.467 e. The molecule has 2 aromatic carbocycles. The van der Waals surface area contributed by atoms with E-state index in [1.807, 2.05) is 0 Å². The molecule has 1 aromatic heterocycles. The van der Waals surface area contributed by atoms with Crippen molar-refractivity contribution in [2.45, 2.75) is 6.42 Å². The second-order valence-corrected chi connectivity index (χ2v) is 6.58. The Morgan fingerprint density at radius 1 is 0.844 bits per heavy atom. The molecule has 0 atom stereocenters. The molecule has 9 heteroatoms. The second kappa shape index (κ2) is 11.3. The van der Waals surface area contributed by atoms with E-state index in [-0.39, 0.29) is 32.4 Å². The first-order valence-electron chi connectivity index (χ1n) is 9.66. The number of ether oxygens (including phenoxy) is 6. The van der Waals surface area contributed by atoms with Gasteiger partial charge in [-0.3, -0.25) is 0 Å². The number of rotatable bonds is 12. The minimum absolute atomic E-state index is 0.00134. The smallest absolute Gasteiger partial charge is 0.344 e. The molecule has 0 saturated heterocycles. The molecule has 0 amide bonds. The Balaban J connectivity index is 2.18. The van der Waals surface area contributed by atoms with Crippen LogP contribution in [0, 0.1) is 0 Å². The maximum absolute atomic E-state index is 13.1. The average Bonchev–Trinajstić information content (AvgIpc) is 2.80. The van der Waals surface area contributed by atoms with Gasteiger partial charge >= 0.3 is 5.63 Å². The Bertz CT molecular complexity index is 1120. The fraction of sp³-hybridized carbons (Fsp3) is 0.304. The van der Waals surface area contributed by atoms with Crippen LogP contribution in [-0.2, 0) is 25.4 Å². The third-order valence-electron chi connectivity index (χ3n) is 4.52. The van der Waals surface area contributed by atoms with Crippen molar-refractivity contribution >= 4 is 17.3 Å². The Kier molecular flexibility index (Phi) is 8.20. The number of hydrogen-bond donors (Lipinski definition) is 0. The molecule has 0 aliphatic heterocycles. The van der Waals surface area contributed by atoms with E-state index in [0.29, 0.717) is 39.3 Å². The van der Waals surface area contributed by atoms with Crippen LogP contribution in [-0.4, -0.2) is 48.0 Å². The van der Waals surface area contributed by atoms with E-state index in [4.69, 9.17) is 32.8 Å². The quantitative estimate of drug-likeness (QED) is 0.237. The molecule has 9 nitrogen and oxygen atoms in total. The summed E-state index contributed by atoms with van der Waals surface area (Å²) in [6, 6.07) is 9.98. The minimum Gasteiger partial charge on any atom is -0.467 e. The third kappa shape index (κ3) is 5.25. The van der Waals surface area contributed by atoms with Gasteiger partial charge in [0.05, 0.1) is 5.56 Å². The van der Waals surface area contributed by atoms with Crippen molar-refractivity contribution in [3.8, 4) is 28.4 Å². The van der Waals surface area contributed by atoms with Crippen LogP contribution in [0.2, 0.25) is 0 Å². The lowest BCUT2D eigenvalue weighted by atomic mass is 9.95. The number of aldehydes is 1. The Labute approximate surface area is 184 Å².